The van der Waals surface area contributed by atoms with Gasteiger partial charge in [0, 0.05) is 45.6 Å². The first kappa shape index (κ1) is 22.4. The lowest BCUT2D eigenvalue weighted by molar-refractivity contribution is 0.0622. The SMILES string of the molecule is O=C(c1ccncc1)N(N=Cc1cn[nH]c1-c1cccc(Cl)c1)C(=O)c1ccc(CCl)cc1. The van der Waals surface area contributed by atoms with Crippen molar-refractivity contribution in [3.8, 4) is 11.3 Å². The summed E-state index contributed by atoms with van der Waals surface area (Å²) in [5.74, 6) is -0.853. The predicted molar refractivity (Wildman–Crippen MR) is 127 cm³/mol. The van der Waals surface area contributed by atoms with Crippen LogP contribution >= 0.6 is 23.2 Å². The molecule has 0 spiro atoms. The number of imide groups is 1. The minimum absolute atomic E-state index is 0.273. The summed E-state index contributed by atoms with van der Waals surface area (Å²) >= 11 is 11.9. The Balaban J connectivity index is 1.70. The number of nitrogens with one attached hydrogen (secondary N) is 1. The molecule has 1 N–H and O–H groups in total. The summed E-state index contributed by atoms with van der Waals surface area (Å²) in [7, 11) is 0. The van der Waals surface area contributed by atoms with Gasteiger partial charge in [-0.1, -0.05) is 35.9 Å². The maximum Gasteiger partial charge on any atom is 0.281 e. The quantitative estimate of drug-likeness (QED) is 0.179. The summed E-state index contributed by atoms with van der Waals surface area (Å²) in [5, 5.41) is 12.6. The zero-order chi connectivity index (χ0) is 23.2. The summed E-state index contributed by atoms with van der Waals surface area (Å²) in [6.07, 6.45) is 5.91. The molecule has 0 atom stereocenters. The maximum absolute atomic E-state index is 13.2. The summed E-state index contributed by atoms with van der Waals surface area (Å²) in [4.78, 5) is 30.3. The molecule has 4 aromatic rings. The molecule has 0 aliphatic carbocycles. The third-order valence-corrected chi connectivity index (χ3v) is 5.31. The fourth-order valence-electron chi connectivity index (χ4n) is 3.06. The van der Waals surface area contributed by atoms with Crippen molar-refractivity contribution in [3.63, 3.8) is 0 Å². The largest absolute Gasteiger partial charge is 0.281 e. The smallest absolute Gasteiger partial charge is 0.277 e. The van der Waals surface area contributed by atoms with Crippen molar-refractivity contribution in [1.82, 2.24) is 20.2 Å². The van der Waals surface area contributed by atoms with E-state index in [0.29, 0.717) is 27.7 Å². The van der Waals surface area contributed by atoms with E-state index in [2.05, 4.69) is 20.3 Å². The number of amides is 2. The normalized spacial score (nSPS) is 11.0. The number of H-pyrrole nitrogens is 1. The summed E-state index contributed by atoms with van der Waals surface area (Å²) in [5.41, 5.74) is 3.44. The van der Waals surface area contributed by atoms with Gasteiger partial charge in [-0.05, 0) is 42.0 Å². The highest BCUT2D eigenvalue weighted by Gasteiger charge is 2.24. The van der Waals surface area contributed by atoms with Gasteiger partial charge in [-0.25, -0.2) is 0 Å². The minimum atomic E-state index is -0.590. The van der Waals surface area contributed by atoms with Crippen LogP contribution in [0.15, 0.2) is 84.4 Å². The van der Waals surface area contributed by atoms with Gasteiger partial charge in [0.1, 0.15) is 0 Å². The van der Waals surface area contributed by atoms with Gasteiger partial charge in [-0.15, -0.1) is 11.6 Å². The topological polar surface area (TPSA) is 91.3 Å². The van der Waals surface area contributed by atoms with Crippen molar-refractivity contribution >= 4 is 41.2 Å². The Morgan fingerprint density at radius 2 is 1.70 bits per heavy atom. The molecular formula is C24H17Cl2N5O2. The van der Waals surface area contributed by atoms with Gasteiger partial charge in [0.15, 0.2) is 0 Å². The Morgan fingerprint density at radius 1 is 1.00 bits per heavy atom. The fourth-order valence-corrected chi connectivity index (χ4v) is 3.43. The van der Waals surface area contributed by atoms with Gasteiger partial charge >= 0.3 is 0 Å². The van der Waals surface area contributed by atoms with Crippen LogP contribution in [0, 0.1) is 0 Å². The van der Waals surface area contributed by atoms with E-state index in [9.17, 15) is 9.59 Å². The van der Waals surface area contributed by atoms with Crippen LogP contribution in [-0.2, 0) is 5.88 Å². The van der Waals surface area contributed by atoms with Crippen molar-refractivity contribution in [2.24, 2.45) is 5.10 Å². The van der Waals surface area contributed by atoms with E-state index in [4.69, 9.17) is 23.2 Å². The molecular weight excluding hydrogens is 461 g/mol. The van der Waals surface area contributed by atoms with Gasteiger partial charge in [-0.2, -0.15) is 15.2 Å². The lowest BCUT2D eigenvalue weighted by Gasteiger charge is -2.15. The van der Waals surface area contributed by atoms with E-state index in [0.717, 1.165) is 16.1 Å². The van der Waals surface area contributed by atoms with E-state index in [1.165, 1.54) is 30.7 Å². The predicted octanol–water partition coefficient (Wildman–Crippen LogP) is 5.18. The van der Waals surface area contributed by atoms with Crippen molar-refractivity contribution in [2.75, 3.05) is 0 Å². The number of carbonyl (C=O) groups excluding carboxylic acids is 2. The van der Waals surface area contributed by atoms with Crippen LogP contribution in [0.5, 0.6) is 0 Å². The minimum Gasteiger partial charge on any atom is -0.277 e. The fraction of sp³-hybridized carbons (Fsp3) is 0.0417. The van der Waals surface area contributed by atoms with E-state index in [1.807, 2.05) is 12.1 Å². The van der Waals surface area contributed by atoms with E-state index in [1.54, 1.807) is 42.6 Å². The van der Waals surface area contributed by atoms with Gasteiger partial charge in [0.2, 0.25) is 0 Å². The Labute approximate surface area is 199 Å². The molecule has 4 rings (SSSR count). The molecule has 2 amide bonds. The molecule has 0 saturated heterocycles. The second kappa shape index (κ2) is 10.2. The van der Waals surface area contributed by atoms with Crippen LogP contribution in [0.1, 0.15) is 31.8 Å². The third kappa shape index (κ3) is 5.16. The van der Waals surface area contributed by atoms with Gasteiger partial charge in [0.05, 0.1) is 18.1 Å². The number of benzene rings is 2. The first-order valence-electron chi connectivity index (χ1n) is 9.84. The zero-order valence-corrected chi connectivity index (χ0v) is 18.7. The number of alkyl halides is 1. The summed E-state index contributed by atoms with van der Waals surface area (Å²) < 4.78 is 0. The standard InChI is InChI=1S/C24H17Cl2N5O2/c25-13-16-4-6-17(7-5-16)23(32)31(24(33)18-8-10-27-11-9-18)29-15-20-14-28-30-22(20)19-2-1-3-21(26)12-19/h1-12,14-15H,13H2,(H,28,30). The molecule has 0 aliphatic heterocycles. The average Bonchev–Trinajstić information content (AvgIpc) is 3.33. The molecule has 33 heavy (non-hydrogen) atoms. The first-order valence-corrected chi connectivity index (χ1v) is 10.7. The number of aromatic nitrogens is 3. The highest BCUT2D eigenvalue weighted by Crippen LogP contribution is 2.23. The molecule has 2 aromatic carbocycles. The third-order valence-electron chi connectivity index (χ3n) is 4.76. The van der Waals surface area contributed by atoms with Crippen LogP contribution in [0.4, 0.5) is 0 Å². The highest BCUT2D eigenvalue weighted by atomic mass is 35.5. The molecule has 2 heterocycles. The van der Waals surface area contributed by atoms with E-state index >= 15 is 0 Å². The molecule has 0 fully saturated rings. The highest BCUT2D eigenvalue weighted by molar-refractivity contribution is 6.30. The van der Waals surface area contributed by atoms with Crippen molar-refractivity contribution in [3.05, 3.63) is 107 Å². The van der Waals surface area contributed by atoms with Crippen molar-refractivity contribution in [1.29, 1.82) is 0 Å². The number of hydrazone groups is 1. The molecule has 0 aliphatic rings. The van der Waals surface area contributed by atoms with Crippen LogP contribution in [0.3, 0.4) is 0 Å². The molecule has 164 valence electrons. The average molecular weight is 478 g/mol. The molecule has 0 radical (unpaired) electrons. The number of aromatic amines is 1. The molecule has 0 saturated carbocycles. The number of halogens is 2. The van der Waals surface area contributed by atoms with Crippen LogP contribution in [0.2, 0.25) is 5.02 Å². The summed E-state index contributed by atoms with van der Waals surface area (Å²) in [6.45, 7) is 0. The molecule has 0 bridgehead atoms. The lowest BCUT2D eigenvalue weighted by atomic mass is 10.1. The van der Waals surface area contributed by atoms with Crippen molar-refractivity contribution < 1.29 is 9.59 Å². The van der Waals surface area contributed by atoms with E-state index < -0.39 is 11.8 Å². The zero-order valence-electron chi connectivity index (χ0n) is 17.2. The number of nitrogens with zero attached hydrogens (tertiary/aromatic N) is 4. The van der Waals surface area contributed by atoms with Gasteiger partial charge in [0.25, 0.3) is 11.8 Å². The molecule has 9 heteroatoms. The van der Waals surface area contributed by atoms with Crippen LogP contribution in [0.25, 0.3) is 11.3 Å². The number of hydrogen-bond acceptors (Lipinski definition) is 5. The van der Waals surface area contributed by atoms with Gasteiger partial charge < -0.3 is 0 Å². The number of rotatable bonds is 6. The Hall–Kier alpha value is -3.81. The first-order chi connectivity index (χ1) is 16.1. The summed E-state index contributed by atoms with van der Waals surface area (Å²) in [6, 6.07) is 16.9. The number of carbonyl (C=O) groups is 2. The van der Waals surface area contributed by atoms with Crippen LogP contribution in [-0.4, -0.2) is 38.2 Å². The molecule has 0 unspecified atom stereocenters. The van der Waals surface area contributed by atoms with Crippen molar-refractivity contribution in [2.45, 2.75) is 5.88 Å². The Kier molecular flexibility index (Phi) is 6.92. The molecule has 2 aromatic heterocycles. The Bertz CT molecular complexity index is 1300. The van der Waals surface area contributed by atoms with Gasteiger partial charge in [-0.3, -0.25) is 19.7 Å². The molecule has 7 nitrogen and oxygen atoms in total. The second-order valence-electron chi connectivity index (χ2n) is 6.94. The Morgan fingerprint density at radius 3 is 2.36 bits per heavy atom. The lowest BCUT2D eigenvalue weighted by Crippen LogP contribution is -2.32. The van der Waals surface area contributed by atoms with Crippen LogP contribution < -0.4 is 0 Å². The monoisotopic (exact) mass is 477 g/mol. The second-order valence-corrected chi connectivity index (χ2v) is 7.65. The maximum atomic E-state index is 13.2. The number of hydrogen-bond donors (Lipinski definition) is 1. The van der Waals surface area contributed by atoms with E-state index in [-0.39, 0.29) is 5.56 Å². The number of pyridine rings is 1.